The van der Waals surface area contributed by atoms with Crippen LogP contribution in [0.3, 0.4) is 0 Å². The Kier molecular flexibility index (Phi) is 5.66. The van der Waals surface area contributed by atoms with Gasteiger partial charge in [0.1, 0.15) is 0 Å². The number of hydrogen-bond donors (Lipinski definition) is 0. The van der Waals surface area contributed by atoms with Crippen molar-refractivity contribution >= 4 is 72.3 Å². The van der Waals surface area contributed by atoms with Crippen molar-refractivity contribution in [2.75, 3.05) is 9.80 Å². The molecule has 0 spiro atoms. The lowest BCUT2D eigenvalue weighted by Crippen LogP contribution is -2.45. The standard InChI is InChI=1S/C32H30N2O4Si2/c1-39(2,3)21-11-7-9-19(17-21)33-29(35)23-13-15-25-28-26(16-14-24(27(23)28)30(33)36)32(38)34(31(25)37)20-10-8-12-22(18-20)40(4,5)6/h7-18H,1-6H3. The minimum absolute atomic E-state index is 0.309. The summed E-state index contributed by atoms with van der Waals surface area (Å²) in [5.41, 5.74) is 2.28. The van der Waals surface area contributed by atoms with Crippen LogP contribution in [0.15, 0.2) is 72.8 Å². The summed E-state index contributed by atoms with van der Waals surface area (Å²) in [6.45, 7) is 13.3. The first-order valence-electron chi connectivity index (χ1n) is 13.4. The molecule has 8 heteroatoms. The van der Waals surface area contributed by atoms with E-state index in [-0.39, 0.29) is 0 Å². The number of imide groups is 2. The Hall–Kier alpha value is -4.15. The summed E-state index contributed by atoms with van der Waals surface area (Å²) >= 11 is 0. The summed E-state index contributed by atoms with van der Waals surface area (Å²) in [7, 11) is -3.39. The van der Waals surface area contributed by atoms with E-state index < -0.39 is 39.8 Å². The molecular formula is C32H30N2O4Si2. The molecule has 0 atom stereocenters. The van der Waals surface area contributed by atoms with Gasteiger partial charge in [-0.1, -0.05) is 73.9 Å². The van der Waals surface area contributed by atoms with Crippen molar-refractivity contribution in [2.24, 2.45) is 0 Å². The molecule has 0 fully saturated rings. The Morgan fingerprint density at radius 3 is 1.02 bits per heavy atom. The molecule has 2 heterocycles. The van der Waals surface area contributed by atoms with Gasteiger partial charge in [-0.3, -0.25) is 19.2 Å². The number of rotatable bonds is 4. The summed E-state index contributed by atoms with van der Waals surface area (Å²) in [6, 6.07) is 21.7. The highest BCUT2D eigenvalue weighted by molar-refractivity contribution is 6.89. The van der Waals surface area contributed by atoms with E-state index in [9.17, 15) is 19.2 Å². The molecule has 4 amide bonds. The molecule has 6 nitrogen and oxygen atoms in total. The number of carbonyl (C=O) groups is 4. The maximum atomic E-state index is 13.8. The first-order chi connectivity index (χ1) is 18.8. The predicted octanol–water partition coefficient (Wildman–Crippen LogP) is 5.53. The zero-order chi connectivity index (χ0) is 28.7. The fraction of sp³-hybridized carbons (Fsp3) is 0.188. The molecule has 40 heavy (non-hydrogen) atoms. The Bertz CT molecular complexity index is 1610. The molecular weight excluding hydrogens is 533 g/mol. The number of carbonyl (C=O) groups excluding carboxylic acids is 4. The lowest BCUT2D eigenvalue weighted by molar-refractivity contribution is 0.0873. The van der Waals surface area contributed by atoms with Crippen LogP contribution in [0.5, 0.6) is 0 Å². The summed E-state index contributed by atoms with van der Waals surface area (Å²) in [6.07, 6.45) is 0. The minimum atomic E-state index is -1.70. The van der Waals surface area contributed by atoms with Crippen LogP contribution < -0.4 is 20.2 Å². The highest BCUT2D eigenvalue weighted by Crippen LogP contribution is 2.40. The molecule has 0 unspecified atom stereocenters. The first-order valence-corrected chi connectivity index (χ1v) is 20.4. The lowest BCUT2D eigenvalue weighted by Gasteiger charge is -2.32. The normalized spacial score (nSPS) is 15.3. The fourth-order valence-corrected chi connectivity index (χ4v) is 7.92. The smallest absolute Gasteiger partial charge is 0.265 e. The molecule has 0 N–H and O–H groups in total. The molecule has 0 aliphatic carbocycles. The third-order valence-electron chi connectivity index (χ3n) is 7.84. The summed E-state index contributed by atoms with van der Waals surface area (Å²) < 4.78 is 0. The van der Waals surface area contributed by atoms with Gasteiger partial charge in [-0.15, -0.1) is 0 Å². The van der Waals surface area contributed by atoms with Crippen molar-refractivity contribution in [2.45, 2.75) is 39.3 Å². The average molecular weight is 563 g/mol. The summed E-state index contributed by atoms with van der Waals surface area (Å²) in [5.74, 6) is -1.84. The van der Waals surface area contributed by atoms with Crippen molar-refractivity contribution in [3.8, 4) is 0 Å². The van der Waals surface area contributed by atoms with Gasteiger partial charge in [0.05, 0.1) is 27.5 Å². The molecule has 4 aromatic carbocycles. The van der Waals surface area contributed by atoms with Crippen LogP contribution in [-0.4, -0.2) is 39.8 Å². The second kappa shape index (κ2) is 8.68. The van der Waals surface area contributed by atoms with E-state index in [2.05, 4.69) is 39.3 Å². The van der Waals surface area contributed by atoms with Crippen molar-refractivity contribution in [3.63, 3.8) is 0 Å². The predicted molar refractivity (Wildman–Crippen MR) is 165 cm³/mol. The van der Waals surface area contributed by atoms with E-state index in [0.717, 1.165) is 10.4 Å². The van der Waals surface area contributed by atoms with Gasteiger partial charge in [0, 0.05) is 33.0 Å². The Balaban J connectivity index is 1.50. The van der Waals surface area contributed by atoms with E-state index >= 15 is 0 Å². The van der Waals surface area contributed by atoms with Crippen LogP contribution in [0, 0.1) is 0 Å². The zero-order valence-electron chi connectivity index (χ0n) is 23.5. The van der Waals surface area contributed by atoms with Gasteiger partial charge in [0.15, 0.2) is 0 Å². The zero-order valence-corrected chi connectivity index (χ0v) is 25.5. The van der Waals surface area contributed by atoms with Gasteiger partial charge in [-0.25, -0.2) is 9.80 Å². The molecule has 2 aliphatic rings. The van der Waals surface area contributed by atoms with Crippen LogP contribution in [0.25, 0.3) is 10.8 Å². The molecule has 0 saturated heterocycles. The molecule has 4 aromatic rings. The van der Waals surface area contributed by atoms with E-state index in [4.69, 9.17) is 0 Å². The van der Waals surface area contributed by atoms with Crippen LogP contribution in [0.1, 0.15) is 41.4 Å². The SMILES string of the molecule is C[Si](C)(C)c1cccc(N2C(=O)c3ccc4c5c(ccc(c35)C2=O)C(=O)N(c2cccc([Si](C)(C)C)c2)C4=O)c1. The molecule has 0 bridgehead atoms. The van der Waals surface area contributed by atoms with Crippen LogP contribution in [0.4, 0.5) is 11.4 Å². The highest BCUT2D eigenvalue weighted by Gasteiger charge is 2.41. The molecule has 0 aromatic heterocycles. The Labute approximate surface area is 235 Å². The van der Waals surface area contributed by atoms with Gasteiger partial charge < -0.3 is 0 Å². The van der Waals surface area contributed by atoms with Crippen molar-refractivity contribution in [3.05, 3.63) is 95.1 Å². The average Bonchev–Trinajstić information content (AvgIpc) is 2.90. The van der Waals surface area contributed by atoms with Gasteiger partial charge >= 0.3 is 0 Å². The van der Waals surface area contributed by atoms with Crippen molar-refractivity contribution < 1.29 is 19.2 Å². The van der Waals surface area contributed by atoms with E-state index in [1.807, 2.05) is 36.4 Å². The van der Waals surface area contributed by atoms with Crippen LogP contribution >= 0.6 is 0 Å². The number of benzene rings is 4. The maximum absolute atomic E-state index is 13.8. The van der Waals surface area contributed by atoms with E-state index in [1.54, 1.807) is 36.4 Å². The summed E-state index contributed by atoms with van der Waals surface area (Å²) in [5, 5.41) is 3.02. The Morgan fingerprint density at radius 1 is 0.450 bits per heavy atom. The van der Waals surface area contributed by atoms with Gasteiger partial charge in [-0.05, 0) is 48.5 Å². The minimum Gasteiger partial charge on any atom is -0.268 e. The number of anilines is 2. The maximum Gasteiger partial charge on any atom is 0.265 e. The highest BCUT2D eigenvalue weighted by atomic mass is 28.3. The molecule has 6 rings (SSSR count). The van der Waals surface area contributed by atoms with Gasteiger partial charge in [0.25, 0.3) is 23.6 Å². The molecule has 2 aliphatic heterocycles. The molecule has 0 radical (unpaired) electrons. The largest absolute Gasteiger partial charge is 0.268 e. The fourth-order valence-electron chi connectivity index (χ4n) is 5.57. The quantitative estimate of drug-likeness (QED) is 0.242. The van der Waals surface area contributed by atoms with Crippen LogP contribution in [-0.2, 0) is 0 Å². The number of hydrogen-bond acceptors (Lipinski definition) is 4. The molecule has 200 valence electrons. The second-order valence-corrected chi connectivity index (χ2v) is 22.7. The van der Waals surface area contributed by atoms with Gasteiger partial charge in [0.2, 0.25) is 0 Å². The first kappa shape index (κ1) is 26.1. The van der Waals surface area contributed by atoms with Crippen LogP contribution in [0.2, 0.25) is 39.3 Å². The Morgan fingerprint density at radius 2 is 0.750 bits per heavy atom. The van der Waals surface area contributed by atoms with Gasteiger partial charge in [-0.2, -0.15) is 0 Å². The van der Waals surface area contributed by atoms with Crippen molar-refractivity contribution in [1.29, 1.82) is 0 Å². The number of amides is 4. The monoisotopic (exact) mass is 562 g/mol. The molecule has 0 saturated carbocycles. The second-order valence-electron chi connectivity index (χ2n) is 12.6. The lowest BCUT2D eigenvalue weighted by atomic mass is 9.85. The third-order valence-corrected chi connectivity index (χ3v) is 11.9. The van der Waals surface area contributed by atoms with Crippen molar-refractivity contribution in [1.82, 2.24) is 0 Å². The topological polar surface area (TPSA) is 74.8 Å². The van der Waals surface area contributed by atoms with E-state index in [0.29, 0.717) is 44.4 Å². The number of nitrogens with zero attached hydrogens (tertiary/aromatic N) is 2. The van der Waals surface area contributed by atoms with E-state index in [1.165, 1.54) is 9.80 Å². The third kappa shape index (κ3) is 3.82. The summed E-state index contributed by atoms with van der Waals surface area (Å²) in [4.78, 5) is 57.7.